The van der Waals surface area contributed by atoms with Crippen molar-refractivity contribution in [3.05, 3.63) is 124 Å². The Morgan fingerprint density at radius 1 is 0.822 bits per heavy atom. The van der Waals surface area contributed by atoms with E-state index < -0.39 is 17.5 Å². The number of alkyl halides is 3. The number of hydrogen-bond acceptors (Lipinski definition) is 6. The minimum atomic E-state index is -4.52. The van der Waals surface area contributed by atoms with Gasteiger partial charge in [-0.3, -0.25) is 9.59 Å². The van der Waals surface area contributed by atoms with Crippen molar-refractivity contribution in [2.24, 2.45) is 0 Å². The van der Waals surface area contributed by atoms with Crippen molar-refractivity contribution in [3.8, 4) is 5.75 Å². The van der Waals surface area contributed by atoms with Gasteiger partial charge in [-0.25, -0.2) is 9.97 Å². The summed E-state index contributed by atoms with van der Waals surface area (Å²) in [5.41, 5.74) is 3.91. The number of ether oxygens (including phenoxy) is 1. The van der Waals surface area contributed by atoms with Gasteiger partial charge < -0.3 is 9.64 Å². The van der Waals surface area contributed by atoms with Crippen LogP contribution < -0.4 is 4.74 Å². The van der Waals surface area contributed by atoms with E-state index in [4.69, 9.17) is 4.74 Å². The van der Waals surface area contributed by atoms with Crippen molar-refractivity contribution in [1.82, 2.24) is 14.9 Å². The minimum Gasteiger partial charge on any atom is -0.492 e. The number of aromatic nitrogens is 2. The van der Waals surface area contributed by atoms with E-state index in [-0.39, 0.29) is 30.6 Å². The van der Waals surface area contributed by atoms with Crippen LogP contribution in [-0.4, -0.2) is 52.7 Å². The van der Waals surface area contributed by atoms with Gasteiger partial charge in [0.05, 0.1) is 11.3 Å². The van der Waals surface area contributed by atoms with Crippen LogP contribution in [-0.2, 0) is 36.7 Å². The van der Waals surface area contributed by atoms with E-state index in [0.717, 1.165) is 59.9 Å². The van der Waals surface area contributed by atoms with Gasteiger partial charge in [-0.15, -0.1) is 0 Å². The lowest BCUT2D eigenvalue weighted by Gasteiger charge is -2.18. The zero-order valence-corrected chi connectivity index (χ0v) is 25.9. The van der Waals surface area contributed by atoms with Crippen molar-refractivity contribution in [2.45, 2.75) is 52.6 Å². The number of likely N-dealkylation sites (N-methyl/N-ethyl adjacent to an activating group) is 1. The highest BCUT2D eigenvalue weighted by atomic mass is 19.4. The van der Waals surface area contributed by atoms with Crippen LogP contribution in [0, 0.1) is 6.92 Å². The zero-order valence-electron chi connectivity index (χ0n) is 25.9. The summed E-state index contributed by atoms with van der Waals surface area (Å²) in [5.74, 6) is 0.350. The minimum absolute atomic E-state index is 0.00209. The molecule has 9 heteroatoms. The van der Waals surface area contributed by atoms with Crippen LogP contribution in [0.2, 0.25) is 0 Å². The third kappa shape index (κ3) is 10.1. The second-order valence-corrected chi connectivity index (χ2v) is 11.0. The van der Waals surface area contributed by atoms with Gasteiger partial charge in [0.2, 0.25) is 0 Å². The van der Waals surface area contributed by atoms with Gasteiger partial charge in [-0.05, 0) is 72.6 Å². The molecule has 0 aliphatic heterocycles. The molecule has 0 saturated heterocycles. The van der Waals surface area contributed by atoms with E-state index in [1.807, 2.05) is 43.3 Å². The molecule has 0 atom stereocenters. The van der Waals surface area contributed by atoms with Crippen LogP contribution >= 0.6 is 0 Å². The van der Waals surface area contributed by atoms with Crippen molar-refractivity contribution in [3.63, 3.8) is 0 Å². The maximum Gasteiger partial charge on any atom is 0.416 e. The van der Waals surface area contributed by atoms with Gasteiger partial charge in [0.1, 0.15) is 24.5 Å². The predicted octanol–water partition coefficient (Wildman–Crippen LogP) is 6.89. The molecule has 1 heterocycles. The summed E-state index contributed by atoms with van der Waals surface area (Å²) in [6.45, 7) is 9.65. The molecule has 45 heavy (non-hydrogen) atoms. The summed E-state index contributed by atoms with van der Waals surface area (Å²) >= 11 is 0. The van der Waals surface area contributed by atoms with Gasteiger partial charge in [-0.2, -0.15) is 13.2 Å². The molecule has 0 aliphatic carbocycles. The molecular formula is C36H38F3N3O3. The molecule has 4 rings (SSSR count). The number of ketones is 2. The van der Waals surface area contributed by atoms with E-state index in [1.54, 1.807) is 12.1 Å². The summed E-state index contributed by atoms with van der Waals surface area (Å²) < 4.78 is 45.1. The summed E-state index contributed by atoms with van der Waals surface area (Å²) in [6.07, 6.45) is -2.27. The fourth-order valence-electron chi connectivity index (χ4n) is 5.04. The number of aryl methyl sites for hydroxylation is 1. The molecule has 0 N–H and O–H groups in total. The lowest BCUT2D eigenvalue weighted by atomic mass is 9.95. The lowest BCUT2D eigenvalue weighted by Crippen LogP contribution is -2.27. The average Bonchev–Trinajstić information content (AvgIpc) is 3.01. The summed E-state index contributed by atoms with van der Waals surface area (Å²) in [6, 6.07) is 19.5. The molecular weight excluding hydrogens is 579 g/mol. The molecule has 0 radical (unpaired) electrons. The highest BCUT2D eigenvalue weighted by Gasteiger charge is 2.30. The summed E-state index contributed by atoms with van der Waals surface area (Å²) in [5, 5.41) is 0. The van der Waals surface area contributed by atoms with E-state index in [2.05, 4.69) is 28.7 Å². The van der Waals surface area contributed by atoms with Crippen LogP contribution in [0.5, 0.6) is 5.75 Å². The van der Waals surface area contributed by atoms with E-state index >= 15 is 0 Å². The first-order chi connectivity index (χ1) is 21.5. The highest BCUT2D eigenvalue weighted by molar-refractivity contribution is 5.97. The van der Waals surface area contributed by atoms with Crippen molar-refractivity contribution in [1.29, 1.82) is 0 Å². The van der Waals surface area contributed by atoms with Crippen molar-refractivity contribution in [2.75, 3.05) is 26.2 Å². The molecule has 6 nitrogen and oxygen atoms in total. The van der Waals surface area contributed by atoms with Crippen LogP contribution in [0.3, 0.4) is 0 Å². The zero-order chi connectivity index (χ0) is 32.4. The van der Waals surface area contributed by atoms with Crippen LogP contribution in [0.15, 0.2) is 79.1 Å². The van der Waals surface area contributed by atoms with Crippen LogP contribution in [0.4, 0.5) is 13.2 Å². The first-order valence-electron chi connectivity index (χ1n) is 15.1. The van der Waals surface area contributed by atoms with E-state index in [9.17, 15) is 22.8 Å². The third-order valence-corrected chi connectivity index (χ3v) is 7.72. The fraction of sp³-hybridized carbons (Fsp3) is 0.333. The molecule has 1 aromatic heterocycles. The highest BCUT2D eigenvalue weighted by Crippen LogP contribution is 2.30. The Labute approximate surface area is 262 Å². The number of rotatable bonds is 15. The second-order valence-electron chi connectivity index (χ2n) is 11.0. The Balaban J connectivity index is 1.33. The Hall–Kier alpha value is -4.37. The predicted molar refractivity (Wildman–Crippen MR) is 168 cm³/mol. The average molecular weight is 618 g/mol. The van der Waals surface area contributed by atoms with Gasteiger partial charge in [-0.1, -0.05) is 56.3 Å². The molecule has 0 amide bonds. The van der Waals surface area contributed by atoms with Crippen LogP contribution in [0.25, 0.3) is 0 Å². The lowest BCUT2D eigenvalue weighted by molar-refractivity contribution is -0.137. The Morgan fingerprint density at radius 3 is 2.24 bits per heavy atom. The molecule has 236 valence electrons. The Kier molecular flexibility index (Phi) is 11.6. The number of Topliss-reactive ketones (excluding diaryl/α,β-unsaturated/α-hetero) is 2. The maximum atomic E-state index is 13.1. The third-order valence-electron chi connectivity index (χ3n) is 7.72. The topological polar surface area (TPSA) is 72.4 Å². The first kappa shape index (κ1) is 33.5. The molecule has 0 fully saturated rings. The molecule has 0 unspecified atom stereocenters. The van der Waals surface area contributed by atoms with Crippen LogP contribution in [0.1, 0.15) is 63.4 Å². The number of nitrogens with zero attached hydrogens (tertiary/aromatic N) is 3. The quantitative estimate of drug-likeness (QED) is 0.135. The standard InChI is InChI=1S/C36H38F3N3O3/c1-4-42(5-2)15-16-45-34-13-11-26(12-14-34)18-31-22-32(41-24-40-31)23-33(43)21-29-17-27(10-9-25(29)3)19-35(44)28-7-6-8-30(20-28)36(37,38)39/h6-14,17,20,22,24H,4-5,15-16,18-19,21,23H2,1-3H3. The monoisotopic (exact) mass is 617 g/mol. The summed E-state index contributed by atoms with van der Waals surface area (Å²) in [4.78, 5) is 36.8. The fourth-order valence-corrected chi connectivity index (χ4v) is 5.04. The Bertz CT molecular complexity index is 1600. The number of halogens is 3. The second kappa shape index (κ2) is 15.6. The molecule has 0 bridgehead atoms. The number of benzene rings is 3. The molecule has 0 spiro atoms. The van der Waals surface area contributed by atoms with Gasteiger partial charge in [0.25, 0.3) is 0 Å². The van der Waals surface area contributed by atoms with E-state index in [0.29, 0.717) is 24.3 Å². The molecule has 0 aliphatic rings. The van der Waals surface area contributed by atoms with Gasteiger partial charge >= 0.3 is 6.18 Å². The van der Waals surface area contributed by atoms with E-state index in [1.165, 1.54) is 18.5 Å². The van der Waals surface area contributed by atoms with Crippen molar-refractivity contribution >= 4 is 11.6 Å². The molecule has 0 saturated carbocycles. The summed E-state index contributed by atoms with van der Waals surface area (Å²) in [7, 11) is 0. The number of carbonyl (C=O) groups is 2. The maximum absolute atomic E-state index is 13.1. The largest absolute Gasteiger partial charge is 0.492 e. The number of hydrogen-bond donors (Lipinski definition) is 0. The smallest absolute Gasteiger partial charge is 0.416 e. The van der Waals surface area contributed by atoms with Gasteiger partial charge in [0, 0.05) is 43.5 Å². The Morgan fingerprint density at radius 2 is 1.53 bits per heavy atom. The normalized spacial score (nSPS) is 11.5. The molecule has 4 aromatic rings. The van der Waals surface area contributed by atoms with Crippen molar-refractivity contribution < 1.29 is 27.5 Å². The SMILES string of the molecule is CCN(CC)CCOc1ccc(Cc2cc(CC(=O)Cc3cc(CC(=O)c4cccc(C(F)(F)F)c4)ccc3C)ncn2)cc1. The van der Waals surface area contributed by atoms with Gasteiger partial charge in [0.15, 0.2) is 5.78 Å². The number of carbonyl (C=O) groups excluding carboxylic acids is 2. The first-order valence-corrected chi connectivity index (χ1v) is 15.1. The molecule has 3 aromatic carbocycles.